The van der Waals surface area contributed by atoms with E-state index in [4.69, 9.17) is 14.6 Å². The van der Waals surface area contributed by atoms with Gasteiger partial charge in [-0.1, -0.05) is 26.8 Å². The van der Waals surface area contributed by atoms with Crippen molar-refractivity contribution in [2.45, 2.75) is 51.7 Å². The summed E-state index contributed by atoms with van der Waals surface area (Å²) >= 11 is 0. The molecular formula is C18H29NO5. The summed E-state index contributed by atoms with van der Waals surface area (Å²) in [4.78, 5) is 11.0. The van der Waals surface area contributed by atoms with Crippen molar-refractivity contribution in [1.29, 1.82) is 0 Å². The molecule has 1 rings (SSSR count). The first-order valence-corrected chi connectivity index (χ1v) is 8.31. The molecule has 0 aliphatic rings. The Morgan fingerprint density at radius 1 is 1.29 bits per heavy atom. The zero-order valence-electron chi connectivity index (χ0n) is 14.9. The van der Waals surface area contributed by atoms with Crippen LogP contribution in [0.15, 0.2) is 18.2 Å². The quantitative estimate of drug-likeness (QED) is 0.574. The maximum Gasteiger partial charge on any atom is 0.303 e. The first-order valence-electron chi connectivity index (χ1n) is 8.31. The van der Waals surface area contributed by atoms with Gasteiger partial charge in [-0.3, -0.25) is 4.79 Å². The van der Waals surface area contributed by atoms with Gasteiger partial charge in [-0.2, -0.15) is 0 Å². The van der Waals surface area contributed by atoms with Crippen molar-refractivity contribution in [3.63, 3.8) is 0 Å². The molecule has 0 amide bonds. The molecule has 2 atom stereocenters. The largest absolute Gasteiger partial charge is 0.493 e. The molecule has 136 valence electrons. The lowest BCUT2D eigenvalue weighted by Gasteiger charge is -2.18. The number of aliphatic hydroxyl groups excluding tert-OH is 1. The fraction of sp³-hybridized carbons (Fsp3) is 0.611. The number of nitrogens with one attached hydrogen (secondary N) is 1. The van der Waals surface area contributed by atoms with Crippen molar-refractivity contribution in [3.05, 3.63) is 23.8 Å². The zero-order chi connectivity index (χ0) is 18.1. The van der Waals surface area contributed by atoms with Crippen LogP contribution in [-0.4, -0.2) is 48.6 Å². The van der Waals surface area contributed by atoms with Gasteiger partial charge in [0.1, 0.15) is 12.7 Å². The number of hydrogen-bond acceptors (Lipinski definition) is 5. The van der Waals surface area contributed by atoms with Crippen LogP contribution in [-0.2, 0) is 4.79 Å². The Morgan fingerprint density at radius 2 is 2.00 bits per heavy atom. The first-order chi connectivity index (χ1) is 11.4. The van der Waals surface area contributed by atoms with Gasteiger partial charge in [0, 0.05) is 12.6 Å². The number of aliphatic hydroxyl groups is 1. The Balaban J connectivity index is 2.74. The number of carboxylic acids is 1. The first kappa shape index (κ1) is 20.3. The van der Waals surface area contributed by atoms with Gasteiger partial charge in [-0.25, -0.2) is 0 Å². The predicted octanol–water partition coefficient (Wildman–Crippen LogP) is 2.40. The maximum absolute atomic E-state index is 11.0. The summed E-state index contributed by atoms with van der Waals surface area (Å²) in [5, 5.41) is 22.1. The molecule has 6 heteroatoms. The van der Waals surface area contributed by atoms with Gasteiger partial charge in [0.25, 0.3) is 0 Å². The van der Waals surface area contributed by atoms with E-state index in [1.807, 2.05) is 32.9 Å². The molecular weight excluding hydrogens is 310 g/mol. The Labute approximate surface area is 143 Å². The molecule has 0 heterocycles. The molecule has 0 aromatic heterocycles. The monoisotopic (exact) mass is 339 g/mol. The number of rotatable bonds is 11. The van der Waals surface area contributed by atoms with E-state index in [1.54, 1.807) is 13.2 Å². The van der Waals surface area contributed by atoms with Gasteiger partial charge < -0.3 is 25.0 Å². The van der Waals surface area contributed by atoms with Gasteiger partial charge in [-0.15, -0.1) is 0 Å². The zero-order valence-corrected chi connectivity index (χ0v) is 14.9. The van der Waals surface area contributed by atoms with E-state index >= 15 is 0 Å². The number of aliphatic carboxylic acids is 1. The van der Waals surface area contributed by atoms with Crippen LogP contribution >= 0.6 is 0 Å². The highest BCUT2D eigenvalue weighted by Crippen LogP contribution is 2.33. The normalized spacial score (nSPS) is 13.6. The van der Waals surface area contributed by atoms with Gasteiger partial charge in [-0.05, 0) is 30.0 Å². The Kier molecular flexibility index (Phi) is 8.57. The molecule has 1 aromatic rings. The third kappa shape index (κ3) is 6.76. The number of carbonyl (C=O) groups is 1. The summed E-state index contributed by atoms with van der Waals surface area (Å²) in [6.45, 7) is 6.59. The average molecular weight is 339 g/mol. The molecule has 0 spiro atoms. The van der Waals surface area contributed by atoms with Crippen molar-refractivity contribution < 1.29 is 24.5 Å². The highest BCUT2D eigenvalue weighted by atomic mass is 16.5. The van der Waals surface area contributed by atoms with Gasteiger partial charge >= 0.3 is 5.97 Å². The minimum absolute atomic E-state index is 0.0636. The second-order valence-electron chi connectivity index (χ2n) is 6.14. The van der Waals surface area contributed by atoms with Crippen LogP contribution in [0.4, 0.5) is 0 Å². The molecule has 0 saturated carbocycles. The van der Waals surface area contributed by atoms with Crippen molar-refractivity contribution >= 4 is 5.97 Å². The lowest BCUT2D eigenvalue weighted by atomic mass is 9.93. The fourth-order valence-electron chi connectivity index (χ4n) is 2.38. The average Bonchev–Trinajstić information content (AvgIpc) is 2.55. The van der Waals surface area contributed by atoms with Crippen LogP contribution in [0.2, 0.25) is 0 Å². The van der Waals surface area contributed by atoms with Crippen molar-refractivity contribution in [2.24, 2.45) is 0 Å². The summed E-state index contributed by atoms with van der Waals surface area (Å²) in [6, 6.07) is 5.73. The van der Waals surface area contributed by atoms with E-state index < -0.39 is 12.1 Å². The summed E-state index contributed by atoms with van der Waals surface area (Å²) in [5.74, 6) is 0.198. The topological polar surface area (TPSA) is 88.0 Å². The molecule has 0 aliphatic heterocycles. The van der Waals surface area contributed by atoms with Crippen molar-refractivity contribution in [2.75, 3.05) is 20.3 Å². The van der Waals surface area contributed by atoms with Gasteiger partial charge in [0.2, 0.25) is 0 Å². The second-order valence-corrected chi connectivity index (χ2v) is 6.14. The summed E-state index contributed by atoms with van der Waals surface area (Å²) in [6.07, 6.45) is 0.196. The molecule has 3 N–H and O–H groups in total. The van der Waals surface area contributed by atoms with Crippen molar-refractivity contribution in [3.8, 4) is 11.5 Å². The van der Waals surface area contributed by atoms with Crippen LogP contribution in [0.1, 0.15) is 45.1 Å². The molecule has 1 aromatic carbocycles. The Bertz CT molecular complexity index is 518. The third-order valence-corrected chi connectivity index (χ3v) is 3.77. The van der Waals surface area contributed by atoms with Gasteiger partial charge in [0.15, 0.2) is 11.5 Å². The molecule has 0 fully saturated rings. The van der Waals surface area contributed by atoms with E-state index in [-0.39, 0.29) is 18.9 Å². The second kappa shape index (κ2) is 10.2. The molecule has 24 heavy (non-hydrogen) atoms. The number of benzene rings is 1. The maximum atomic E-state index is 11.0. The van der Waals surface area contributed by atoms with E-state index in [2.05, 4.69) is 5.32 Å². The van der Waals surface area contributed by atoms with Crippen LogP contribution in [0.5, 0.6) is 11.5 Å². The lowest BCUT2D eigenvalue weighted by molar-refractivity contribution is -0.137. The molecule has 0 radical (unpaired) electrons. The predicted molar refractivity (Wildman–Crippen MR) is 92.9 cm³/mol. The Hall–Kier alpha value is -1.79. The van der Waals surface area contributed by atoms with Crippen LogP contribution in [0.3, 0.4) is 0 Å². The molecule has 0 bridgehead atoms. The van der Waals surface area contributed by atoms with Gasteiger partial charge in [0.05, 0.1) is 13.5 Å². The lowest BCUT2D eigenvalue weighted by Crippen LogP contribution is -2.35. The Morgan fingerprint density at radius 3 is 2.54 bits per heavy atom. The summed E-state index contributed by atoms with van der Waals surface area (Å²) in [7, 11) is 1.54. The SMILES string of the molecule is CCC(CC(=O)O)c1ccc(OCC(O)CNC(C)C)c(OC)c1. The molecule has 6 nitrogen and oxygen atoms in total. The molecule has 0 saturated heterocycles. The highest BCUT2D eigenvalue weighted by molar-refractivity contribution is 5.68. The number of carboxylic acid groups (broad SMARTS) is 1. The minimum atomic E-state index is -0.818. The smallest absolute Gasteiger partial charge is 0.303 e. The van der Waals surface area contributed by atoms with Crippen LogP contribution < -0.4 is 14.8 Å². The van der Waals surface area contributed by atoms with E-state index in [0.717, 1.165) is 12.0 Å². The number of methoxy groups -OCH3 is 1. The number of ether oxygens (including phenoxy) is 2. The standard InChI is InChI=1S/C18H29NO5/c1-5-13(9-18(21)22)14-6-7-16(17(8-14)23-4)24-11-15(20)10-19-12(2)3/h6-8,12-13,15,19-20H,5,9-11H2,1-4H3,(H,21,22). The van der Waals surface area contributed by atoms with E-state index in [0.29, 0.717) is 24.1 Å². The van der Waals surface area contributed by atoms with E-state index in [9.17, 15) is 9.90 Å². The fourth-order valence-corrected chi connectivity index (χ4v) is 2.38. The molecule has 0 aliphatic carbocycles. The summed E-state index contributed by atoms with van der Waals surface area (Å²) in [5.41, 5.74) is 0.908. The van der Waals surface area contributed by atoms with Crippen molar-refractivity contribution in [1.82, 2.24) is 5.32 Å². The van der Waals surface area contributed by atoms with Crippen LogP contribution in [0, 0.1) is 0 Å². The van der Waals surface area contributed by atoms with Crippen LogP contribution in [0.25, 0.3) is 0 Å². The summed E-state index contributed by atoms with van der Waals surface area (Å²) < 4.78 is 11.0. The number of hydrogen-bond donors (Lipinski definition) is 3. The molecule has 2 unspecified atom stereocenters. The third-order valence-electron chi connectivity index (χ3n) is 3.77. The minimum Gasteiger partial charge on any atom is -0.493 e. The van der Waals surface area contributed by atoms with E-state index in [1.165, 1.54) is 0 Å². The highest BCUT2D eigenvalue weighted by Gasteiger charge is 2.17.